The molecule has 0 spiro atoms. The third-order valence-electron chi connectivity index (χ3n) is 6.38. The van der Waals surface area contributed by atoms with Gasteiger partial charge in [0.1, 0.15) is 5.82 Å². The number of nitrogens with one attached hydrogen (secondary N) is 2. The van der Waals surface area contributed by atoms with Crippen LogP contribution < -0.4 is 21.3 Å². The lowest BCUT2D eigenvalue weighted by molar-refractivity contribution is 0.0946. The highest BCUT2D eigenvalue weighted by Crippen LogP contribution is 2.32. The van der Waals surface area contributed by atoms with E-state index in [1.54, 1.807) is 0 Å². The molecule has 4 N–H and O–H groups in total. The first kappa shape index (κ1) is 20.5. The predicted octanol–water partition coefficient (Wildman–Crippen LogP) is 3.47. The molecule has 1 fully saturated rings. The maximum absolute atomic E-state index is 12.1. The number of amides is 1. The summed E-state index contributed by atoms with van der Waals surface area (Å²) in [5.74, 6) is 0.486. The molecule has 6 heteroatoms. The van der Waals surface area contributed by atoms with Crippen LogP contribution in [0.4, 0.5) is 11.5 Å². The molecular weight excluding hydrogens is 398 g/mol. The van der Waals surface area contributed by atoms with E-state index < -0.39 is 0 Å². The minimum atomic E-state index is -0.00832. The number of carbonyl (C=O) groups excluding carboxylic acids is 1. The number of piperazine rings is 1. The molecule has 0 saturated carbocycles. The quantitative estimate of drug-likeness (QED) is 0.596. The number of fused-ring (bicyclic) bond motifs is 1. The first-order chi connectivity index (χ1) is 15.5. The smallest absolute Gasteiger partial charge is 0.251 e. The van der Waals surface area contributed by atoms with Gasteiger partial charge in [-0.3, -0.25) is 4.79 Å². The molecular formula is C26H29N5O. The van der Waals surface area contributed by atoms with Crippen LogP contribution in [0.3, 0.4) is 0 Å². The van der Waals surface area contributed by atoms with E-state index in [-0.39, 0.29) is 5.91 Å². The lowest BCUT2D eigenvalue weighted by Gasteiger charge is -2.37. The van der Waals surface area contributed by atoms with Gasteiger partial charge in [-0.25, -0.2) is 4.98 Å². The number of benzene rings is 2. The highest BCUT2D eigenvalue weighted by molar-refractivity contribution is 5.97. The van der Waals surface area contributed by atoms with E-state index in [1.165, 1.54) is 5.69 Å². The summed E-state index contributed by atoms with van der Waals surface area (Å²) in [5.41, 5.74) is 13.3. The first-order valence-corrected chi connectivity index (χ1v) is 11.3. The molecule has 0 aliphatic carbocycles. The Bertz CT molecular complexity index is 1150. The number of nitrogen functional groups attached to an aromatic ring is 1. The van der Waals surface area contributed by atoms with E-state index in [1.807, 2.05) is 18.3 Å². The zero-order valence-corrected chi connectivity index (χ0v) is 18.6. The molecule has 1 aromatic heterocycles. The highest BCUT2D eigenvalue weighted by Gasteiger charge is 2.21. The zero-order chi connectivity index (χ0) is 22.2. The number of nitrogens with two attached hydrogens (primary N) is 1. The predicted molar refractivity (Wildman–Crippen MR) is 130 cm³/mol. The SMILES string of the molecule is C[C@@H]1CN(c2ccc(-c3cnc(N)c(-c4ccc5c(c4)CCNC5=O)c3)cc2)C[C@H](C)N1. The minimum Gasteiger partial charge on any atom is -0.383 e. The molecule has 1 saturated heterocycles. The number of anilines is 2. The van der Waals surface area contributed by atoms with Crippen LogP contribution in [-0.4, -0.2) is 42.6 Å². The normalized spacial score (nSPS) is 20.6. The molecule has 6 nitrogen and oxygen atoms in total. The van der Waals surface area contributed by atoms with Gasteiger partial charge in [-0.2, -0.15) is 0 Å². The van der Waals surface area contributed by atoms with Gasteiger partial charge in [-0.05, 0) is 61.2 Å². The molecule has 32 heavy (non-hydrogen) atoms. The fourth-order valence-electron chi connectivity index (χ4n) is 4.86. The van der Waals surface area contributed by atoms with Crippen LogP contribution in [-0.2, 0) is 6.42 Å². The number of hydrogen-bond donors (Lipinski definition) is 3. The number of carbonyl (C=O) groups is 1. The van der Waals surface area contributed by atoms with Crippen LogP contribution in [0.5, 0.6) is 0 Å². The number of aromatic nitrogens is 1. The van der Waals surface area contributed by atoms with E-state index in [0.717, 1.165) is 52.9 Å². The molecule has 164 valence electrons. The number of pyridine rings is 1. The summed E-state index contributed by atoms with van der Waals surface area (Å²) in [6.07, 6.45) is 2.65. The van der Waals surface area contributed by atoms with Crippen molar-refractivity contribution in [1.82, 2.24) is 15.6 Å². The first-order valence-electron chi connectivity index (χ1n) is 11.3. The van der Waals surface area contributed by atoms with Crippen LogP contribution >= 0.6 is 0 Å². The van der Waals surface area contributed by atoms with Crippen molar-refractivity contribution in [1.29, 1.82) is 0 Å². The molecule has 2 aromatic carbocycles. The van der Waals surface area contributed by atoms with Crippen molar-refractivity contribution in [3.63, 3.8) is 0 Å². The Balaban J connectivity index is 1.43. The topological polar surface area (TPSA) is 83.3 Å². The lowest BCUT2D eigenvalue weighted by atomic mass is 9.94. The fourth-order valence-corrected chi connectivity index (χ4v) is 4.86. The summed E-state index contributed by atoms with van der Waals surface area (Å²) in [5, 5.41) is 6.47. The van der Waals surface area contributed by atoms with Crippen molar-refractivity contribution in [3.05, 3.63) is 65.9 Å². The molecule has 1 amide bonds. The van der Waals surface area contributed by atoms with Gasteiger partial charge in [-0.15, -0.1) is 0 Å². The Labute approximate surface area is 188 Å². The van der Waals surface area contributed by atoms with Crippen molar-refractivity contribution < 1.29 is 4.79 Å². The molecule has 3 aromatic rings. The Kier molecular flexibility index (Phi) is 5.31. The largest absolute Gasteiger partial charge is 0.383 e. The third kappa shape index (κ3) is 3.94. The van der Waals surface area contributed by atoms with Crippen LogP contribution in [0, 0.1) is 0 Å². The van der Waals surface area contributed by atoms with Gasteiger partial charge in [-0.1, -0.05) is 24.3 Å². The molecule has 0 bridgehead atoms. The van der Waals surface area contributed by atoms with Gasteiger partial charge in [0, 0.05) is 60.3 Å². The van der Waals surface area contributed by atoms with Gasteiger partial charge in [0.2, 0.25) is 0 Å². The van der Waals surface area contributed by atoms with Crippen molar-refractivity contribution in [3.8, 4) is 22.3 Å². The number of nitrogens with zero attached hydrogens (tertiary/aromatic N) is 2. The average molecular weight is 428 g/mol. The van der Waals surface area contributed by atoms with E-state index >= 15 is 0 Å². The van der Waals surface area contributed by atoms with Gasteiger partial charge >= 0.3 is 0 Å². The molecule has 0 unspecified atom stereocenters. The summed E-state index contributed by atoms with van der Waals surface area (Å²) < 4.78 is 0. The van der Waals surface area contributed by atoms with E-state index in [0.29, 0.717) is 24.4 Å². The summed E-state index contributed by atoms with van der Waals surface area (Å²) in [6, 6.07) is 17.6. The summed E-state index contributed by atoms with van der Waals surface area (Å²) in [4.78, 5) is 19.0. The standard InChI is InChI=1S/C26H29N5O/c1-16-14-31(15-17(2)30-16)22-6-3-18(4-7-22)21-12-24(25(27)29-13-21)19-5-8-23-20(11-19)9-10-28-26(23)32/h3-8,11-13,16-17,30H,9-10,14-15H2,1-2H3,(H2,27,29)(H,28,32)/t16-,17+. The maximum atomic E-state index is 12.1. The van der Waals surface area contributed by atoms with Gasteiger partial charge in [0.15, 0.2) is 0 Å². The molecule has 2 atom stereocenters. The maximum Gasteiger partial charge on any atom is 0.251 e. The number of hydrogen-bond acceptors (Lipinski definition) is 5. The van der Waals surface area contributed by atoms with E-state index in [9.17, 15) is 4.79 Å². The Morgan fingerprint density at radius 3 is 2.41 bits per heavy atom. The van der Waals surface area contributed by atoms with Crippen LogP contribution in [0.25, 0.3) is 22.3 Å². The Morgan fingerprint density at radius 1 is 0.938 bits per heavy atom. The lowest BCUT2D eigenvalue weighted by Crippen LogP contribution is -2.54. The second-order valence-corrected chi connectivity index (χ2v) is 8.96. The monoisotopic (exact) mass is 427 g/mol. The minimum absolute atomic E-state index is 0.00832. The van der Waals surface area contributed by atoms with Crippen molar-refractivity contribution in [2.24, 2.45) is 0 Å². The number of rotatable bonds is 3. The van der Waals surface area contributed by atoms with Gasteiger partial charge in [0.05, 0.1) is 0 Å². The van der Waals surface area contributed by atoms with Gasteiger partial charge in [0.25, 0.3) is 5.91 Å². The fraction of sp³-hybridized carbons (Fsp3) is 0.308. The second kappa shape index (κ2) is 8.28. The molecule has 5 rings (SSSR count). The van der Waals surface area contributed by atoms with E-state index in [4.69, 9.17) is 5.73 Å². The third-order valence-corrected chi connectivity index (χ3v) is 6.38. The summed E-state index contributed by atoms with van der Waals surface area (Å²) >= 11 is 0. The van der Waals surface area contributed by atoms with Crippen LogP contribution in [0.15, 0.2) is 54.7 Å². The molecule has 2 aliphatic heterocycles. The highest BCUT2D eigenvalue weighted by atomic mass is 16.1. The van der Waals surface area contributed by atoms with Crippen molar-refractivity contribution in [2.75, 3.05) is 30.3 Å². The van der Waals surface area contributed by atoms with Crippen LogP contribution in [0.1, 0.15) is 29.8 Å². The molecule has 0 radical (unpaired) electrons. The molecule has 2 aliphatic rings. The zero-order valence-electron chi connectivity index (χ0n) is 18.6. The average Bonchev–Trinajstić information content (AvgIpc) is 2.79. The van der Waals surface area contributed by atoms with Crippen molar-refractivity contribution >= 4 is 17.4 Å². The van der Waals surface area contributed by atoms with Crippen LogP contribution in [0.2, 0.25) is 0 Å². The van der Waals surface area contributed by atoms with Crippen molar-refractivity contribution in [2.45, 2.75) is 32.4 Å². The van der Waals surface area contributed by atoms with Gasteiger partial charge < -0.3 is 21.3 Å². The summed E-state index contributed by atoms with van der Waals surface area (Å²) in [7, 11) is 0. The second-order valence-electron chi connectivity index (χ2n) is 8.96. The van der Waals surface area contributed by atoms with E-state index in [2.05, 4.69) is 70.8 Å². The molecule has 3 heterocycles. The summed E-state index contributed by atoms with van der Waals surface area (Å²) in [6.45, 7) is 7.14. The Hall–Kier alpha value is -3.38. The Morgan fingerprint density at radius 2 is 1.66 bits per heavy atom.